The number of nitrogens with zero attached hydrogens (tertiary/aromatic N) is 3. The summed E-state index contributed by atoms with van der Waals surface area (Å²) in [6.07, 6.45) is 0. The summed E-state index contributed by atoms with van der Waals surface area (Å²) < 4.78 is 45.7. The summed E-state index contributed by atoms with van der Waals surface area (Å²) >= 11 is 0. The molecule has 1 aliphatic rings. The third-order valence-corrected chi connectivity index (χ3v) is 6.43. The quantitative estimate of drug-likeness (QED) is 0.514. The molecule has 2 aromatic carbocycles. The normalized spacial score (nSPS) is 16.0. The molecule has 0 atom stereocenters. The van der Waals surface area contributed by atoms with Crippen LogP contribution in [-0.4, -0.2) is 61.9 Å². The topological polar surface area (TPSA) is 93.0 Å². The lowest BCUT2D eigenvalue weighted by molar-refractivity contribution is -0.384. The second kappa shape index (κ2) is 8.63. The summed E-state index contributed by atoms with van der Waals surface area (Å²) in [5, 5.41) is 10.7. The zero-order valence-electron chi connectivity index (χ0n) is 15.0. The second-order valence-electron chi connectivity index (χ2n) is 6.28. The molecular weight excluding hydrogens is 389 g/mol. The fraction of sp³-hybridized carbons (Fsp3) is 0.333. The zero-order chi connectivity index (χ0) is 20.1. The number of sulfonamides is 1. The van der Waals surface area contributed by atoms with Crippen molar-refractivity contribution < 1.29 is 22.5 Å². The number of para-hydroxylation sites is 1. The Morgan fingerprint density at radius 1 is 1.04 bits per heavy atom. The standard InChI is InChI=1S/C18H20FN3O5S/c19-17-3-1-2-4-18(17)27-14-13-20-9-11-21(12-10-20)28(25,26)16-7-5-15(6-8-16)22(23)24/h1-8H,9-14H2. The van der Waals surface area contributed by atoms with Gasteiger partial charge in [-0.3, -0.25) is 15.0 Å². The highest BCUT2D eigenvalue weighted by Crippen LogP contribution is 2.21. The van der Waals surface area contributed by atoms with Crippen LogP contribution in [0, 0.1) is 15.9 Å². The SMILES string of the molecule is O=[N+]([O-])c1ccc(S(=O)(=O)N2CCN(CCOc3ccccc3F)CC2)cc1. The number of halogens is 1. The first kappa shape index (κ1) is 20.2. The first-order valence-electron chi connectivity index (χ1n) is 8.72. The van der Waals surface area contributed by atoms with Crippen molar-refractivity contribution in [1.82, 2.24) is 9.21 Å². The van der Waals surface area contributed by atoms with E-state index in [1.54, 1.807) is 18.2 Å². The molecule has 0 bridgehead atoms. The Morgan fingerprint density at radius 3 is 2.29 bits per heavy atom. The van der Waals surface area contributed by atoms with E-state index in [1.165, 1.54) is 34.6 Å². The Bertz CT molecular complexity index is 928. The fourth-order valence-corrected chi connectivity index (χ4v) is 4.35. The number of rotatable bonds is 7. The molecule has 10 heteroatoms. The van der Waals surface area contributed by atoms with Gasteiger partial charge in [0, 0.05) is 44.9 Å². The molecule has 0 spiro atoms. The van der Waals surface area contributed by atoms with E-state index in [9.17, 15) is 22.9 Å². The monoisotopic (exact) mass is 409 g/mol. The van der Waals surface area contributed by atoms with Crippen molar-refractivity contribution in [3.8, 4) is 5.75 Å². The summed E-state index contributed by atoms with van der Waals surface area (Å²) in [6.45, 7) is 2.51. The van der Waals surface area contributed by atoms with Crippen LogP contribution in [0.1, 0.15) is 0 Å². The molecule has 0 aliphatic carbocycles. The lowest BCUT2D eigenvalue weighted by Crippen LogP contribution is -2.49. The summed E-state index contributed by atoms with van der Waals surface area (Å²) in [4.78, 5) is 12.2. The van der Waals surface area contributed by atoms with Gasteiger partial charge in [-0.1, -0.05) is 12.1 Å². The minimum Gasteiger partial charge on any atom is -0.489 e. The van der Waals surface area contributed by atoms with Crippen molar-refractivity contribution in [3.05, 3.63) is 64.5 Å². The third-order valence-electron chi connectivity index (χ3n) is 4.52. The van der Waals surface area contributed by atoms with Crippen LogP contribution in [0.25, 0.3) is 0 Å². The number of piperazine rings is 1. The first-order chi connectivity index (χ1) is 13.4. The van der Waals surface area contributed by atoms with E-state index in [0.717, 1.165) is 0 Å². The molecule has 3 rings (SSSR count). The van der Waals surface area contributed by atoms with Gasteiger partial charge in [-0.2, -0.15) is 4.31 Å². The van der Waals surface area contributed by atoms with Gasteiger partial charge >= 0.3 is 0 Å². The van der Waals surface area contributed by atoms with Crippen LogP contribution in [0.2, 0.25) is 0 Å². The molecule has 2 aromatic rings. The van der Waals surface area contributed by atoms with E-state index in [4.69, 9.17) is 4.74 Å². The van der Waals surface area contributed by atoms with Crippen molar-refractivity contribution >= 4 is 15.7 Å². The molecule has 28 heavy (non-hydrogen) atoms. The maximum absolute atomic E-state index is 13.5. The maximum atomic E-state index is 13.5. The number of ether oxygens (including phenoxy) is 1. The van der Waals surface area contributed by atoms with E-state index in [0.29, 0.717) is 39.3 Å². The van der Waals surface area contributed by atoms with Crippen molar-refractivity contribution in [2.45, 2.75) is 4.90 Å². The predicted molar refractivity (Wildman–Crippen MR) is 100 cm³/mol. The molecule has 0 amide bonds. The second-order valence-corrected chi connectivity index (χ2v) is 8.21. The smallest absolute Gasteiger partial charge is 0.269 e. The lowest BCUT2D eigenvalue weighted by atomic mass is 10.3. The largest absolute Gasteiger partial charge is 0.489 e. The number of hydrogen-bond donors (Lipinski definition) is 0. The molecule has 0 saturated carbocycles. The first-order valence-corrected chi connectivity index (χ1v) is 10.2. The van der Waals surface area contributed by atoms with Gasteiger partial charge in [-0.25, -0.2) is 12.8 Å². The van der Waals surface area contributed by atoms with Gasteiger partial charge in [0.2, 0.25) is 10.0 Å². The minimum atomic E-state index is -3.69. The summed E-state index contributed by atoms with van der Waals surface area (Å²) in [5.74, 6) is -0.219. The Kier molecular flexibility index (Phi) is 6.22. The summed E-state index contributed by atoms with van der Waals surface area (Å²) in [5.41, 5.74) is -0.154. The lowest BCUT2D eigenvalue weighted by Gasteiger charge is -2.33. The highest BCUT2D eigenvalue weighted by Gasteiger charge is 2.28. The Labute approximate surface area is 162 Å². The van der Waals surface area contributed by atoms with Crippen LogP contribution in [0.3, 0.4) is 0 Å². The van der Waals surface area contributed by atoms with Crippen molar-refractivity contribution in [2.24, 2.45) is 0 Å². The molecule has 150 valence electrons. The predicted octanol–water partition coefficient (Wildman–Crippen LogP) is 2.12. The molecule has 1 fully saturated rings. The van der Waals surface area contributed by atoms with Crippen molar-refractivity contribution in [2.75, 3.05) is 39.3 Å². The Hall–Kier alpha value is -2.56. The van der Waals surface area contributed by atoms with Crippen molar-refractivity contribution in [1.29, 1.82) is 0 Å². The van der Waals surface area contributed by atoms with E-state index < -0.39 is 20.8 Å². The van der Waals surface area contributed by atoms with E-state index in [1.807, 2.05) is 4.90 Å². The molecule has 8 nitrogen and oxygen atoms in total. The van der Waals surface area contributed by atoms with Gasteiger partial charge in [0.15, 0.2) is 11.6 Å². The molecule has 1 aliphatic heterocycles. The maximum Gasteiger partial charge on any atom is 0.269 e. The van der Waals surface area contributed by atoms with Crippen molar-refractivity contribution in [3.63, 3.8) is 0 Å². The van der Waals surface area contributed by atoms with Gasteiger partial charge in [0.25, 0.3) is 5.69 Å². The van der Waals surface area contributed by atoms with Gasteiger partial charge in [0.05, 0.1) is 9.82 Å². The number of non-ortho nitro benzene ring substituents is 1. The average Bonchev–Trinajstić information content (AvgIpc) is 2.70. The molecule has 1 saturated heterocycles. The molecular formula is C18H20FN3O5S. The highest BCUT2D eigenvalue weighted by atomic mass is 32.2. The van der Waals surface area contributed by atoms with Crippen LogP contribution in [-0.2, 0) is 10.0 Å². The van der Waals surface area contributed by atoms with Crippen LogP contribution in [0.15, 0.2) is 53.4 Å². The van der Waals surface area contributed by atoms with Crippen LogP contribution in [0.4, 0.5) is 10.1 Å². The summed E-state index contributed by atoms with van der Waals surface area (Å²) in [7, 11) is -3.69. The third kappa shape index (κ3) is 4.64. The molecule has 0 unspecified atom stereocenters. The van der Waals surface area contributed by atoms with Crippen LogP contribution >= 0.6 is 0 Å². The number of nitro benzene ring substituents is 1. The van der Waals surface area contributed by atoms with Gasteiger partial charge in [0.1, 0.15) is 6.61 Å². The fourth-order valence-electron chi connectivity index (χ4n) is 2.93. The van der Waals surface area contributed by atoms with Crippen LogP contribution < -0.4 is 4.74 Å². The Balaban J connectivity index is 1.51. The average molecular weight is 409 g/mol. The van der Waals surface area contributed by atoms with E-state index in [2.05, 4.69) is 0 Å². The molecule has 0 aromatic heterocycles. The molecule has 1 heterocycles. The Morgan fingerprint density at radius 2 is 1.68 bits per heavy atom. The van der Waals surface area contributed by atoms with E-state index >= 15 is 0 Å². The summed E-state index contributed by atoms with van der Waals surface area (Å²) in [6, 6.07) is 11.0. The number of nitro groups is 1. The molecule has 0 N–H and O–H groups in total. The van der Waals surface area contributed by atoms with Gasteiger partial charge in [-0.05, 0) is 24.3 Å². The zero-order valence-corrected chi connectivity index (χ0v) is 15.8. The van der Waals surface area contributed by atoms with Crippen LogP contribution in [0.5, 0.6) is 5.75 Å². The number of benzene rings is 2. The minimum absolute atomic E-state index is 0.0365. The van der Waals surface area contributed by atoms with Gasteiger partial charge in [-0.15, -0.1) is 0 Å². The van der Waals surface area contributed by atoms with Gasteiger partial charge < -0.3 is 4.74 Å². The molecule has 0 radical (unpaired) electrons. The highest BCUT2D eigenvalue weighted by molar-refractivity contribution is 7.89. The number of hydrogen-bond acceptors (Lipinski definition) is 6. The van der Waals surface area contributed by atoms with E-state index in [-0.39, 0.29) is 16.3 Å².